The molecular formula is C20H15F3N4O2. The third kappa shape index (κ3) is 3.35. The van der Waals surface area contributed by atoms with Gasteiger partial charge in [0.1, 0.15) is 11.9 Å². The van der Waals surface area contributed by atoms with E-state index < -0.39 is 35.3 Å². The summed E-state index contributed by atoms with van der Waals surface area (Å²) in [6.45, 7) is 1.77. The molecule has 6 nitrogen and oxygen atoms in total. The Bertz CT molecular complexity index is 1110. The second-order valence-electron chi connectivity index (χ2n) is 6.64. The van der Waals surface area contributed by atoms with Gasteiger partial charge < -0.3 is 10.6 Å². The lowest BCUT2D eigenvalue weighted by Crippen LogP contribution is -2.36. The maximum absolute atomic E-state index is 13.4. The van der Waals surface area contributed by atoms with Crippen molar-refractivity contribution in [1.82, 2.24) is 9.78 Å². The van der Waals surface area contributed by atoms with Gasteiger partial charge in [-0.1, -0.05) is 30.3 Å². The summed E-state index contributed by atoms with van der Waals surface area (Å²) in [5, 5.41) is 9.51. The summed E-state index contributed by atoms with van der Waals surface area (Å²) in [6, 6.07) is 9.54. The van der Waals surface area contributed by atoms with Crippen molar-refractivity contribution in [3.05, 3.63) is 65.5 Å². The summed E-state index contributed by atoms with van der Waals surface area (Å²) < 4.78 is 41.4. The van der Waals surface area contributed by atoms with Crippen LogP contribution in [0.25, 0.3) is 11.3 Å². The Morgan fingerprint density at radius 2 is 1.83 bits per heavy atom. The molecule has 0 saturated carbocycles. The third-order valence-corrected chi connectivity index (χ3v) is 4.68. The van der Waals surface area contributed by atoms with Crippen LogP contribution in [0.15, 0.2) is 42.5 Å². The van der Waals surface area contributed by atoms with E-state index in [-0.39, 0.29) is 12.1 Å². The first-order valence-electron chi connectivity index (χ1n) is 8.75. The average molecular weight is 400 g/mol. The van der Waals surface area contributed by atoms with Crippen molar-refractivity contribution in [2.75, 3.05) is 10.6 Å². The molecular weight excluding hydrogens is 385 g/mol. The number of carbonyl (C=O) groups is 2. The fourth-order valence-electron chi connectivity index (χ4n) is 3.27. The molecule has 2 heterocycles. The first-order chi connectivity index (χ1) is 13.8. The Morgan fingerprint density at radius 1 is 1.17 bits per heavy atom. The second kappa shape index (κ2) is 7.08. The van der Waals surface area contributed by atoms with Gasteiger partial charge in [0.2, 0.25) is 11.8 Å². The van der Waals surface area contributed by atoms with Gasteiger partial charge in [0.05, 0.1) is 12.1 Å². The molecule has 0 fully saturated rings. The van der Waals surface area contributed by atoms with Crippen LogP contribution >= 0.6 is 0 Å². The van der Waals surface area contributed by atoms with Crippen LogP contribution in [-0.4, -0.2) is 21.6 Å². The Labute approximate surface area is 163 Å². The Balaban J connectivity index is 1.69. The number of aromatic nitrogens is 2. The van der Waals surface area contributed by atoms with Crippen LogP contribution in [0.1, 0.15) is 18.0 Å². The smallest absolute Gasteiger partial charge is 0.249 e. The number of nitrogens with one attached hydrogen (secondary N) is 2. The molecule has 1 aliphatic rings. The topological polar surface area (TPSA) is 76.0 Å². The Morgan fingerprint density at radius 3 is 2.48 bits per heavy atom. The highest BCUT2D eigenvalue weighted by atomic mass is 19.2. The molecule has 1 aromatic heterocycles. The highest BCUT2D eigenvalue weighted by Crippen LogP contribution is 2.34. The summed E-state index contributed by atoms with van der Waals surface area (Å²) in [5.74, 6) is -5.20. The molecule has 9 heteroatoms. The van der Waals surface area contributed by atoms with E-state index in [0.717, 1.165) is 5.56 Å². The van der Waals surface area contributed by atoms with Gasteiger partial charge in [-0.3, -0.25) is 9.59 Å². The van der Waals surface area contributed by atoms with Crippen molar-refractivity contribution < 1.29 is 22.8 Å². The highest BCUT2D eigenvalue weighted by Gasteiger charge is 2.34. The van der Waals surface area contributed by atoms with Crippen LogP contribution in [0, 0.1) is 24.4 Å². The lowest BCUT2D eigenvalue weighted by atomic mass is 10.1. The first-order valence-corrected chi connectivity index (χ1v) is 8.75. The molecule has 1 atom stereocenters. The molecule has 3 aromatic rings. The van der Waals surface area contributed by atoms with E-state index >= 15 is 0 Å². The van der Waals surface area contributed by atoms with E-state index in [2.05, 4.69) is 15.7 Å². The third-order valence-electron chi connectivity index (χ3n) is 4.68. The highest BCUT2D eigenvalue weighted by molar-refractivity contribution is 6.02. The summed E-state index contributed by atoms with van der Waals surface area (Å²) >= 11 is 0. The van der Waals surface area contributed by atoms with E-state index in [0.29, 0.717) is 29.2 Å². The Hall–Kier alpha value is -3.62. The van der Waals surface area contributed by atoms with Crippen LogP contribution in [0.3, 0.4) is 0 Å². The molecule has 0 bridgehead atoms. The minimum Gasteiger partial charge on any atom is -0.324 e. The van der Waals surface area contributed by atoms with Crippen LogP contribution in [0.2, 0.25) is 0 Å². The van der Waals surface area contributed by atoms with Gasteiger partial charge in [0, 0.05) is 28.9 Å². The van der Waals surface area contributed by atoms with E-state index in [4.69, 9.17) is 0 Å². The van der Waals surface area contributed by atoms with E-state index in [1.54, 1.807) is 6.92 Å². The van der Waals surface area contributed by atoms with Crippen LogP contribution in [0.4, 0.5) is 24.7 Å². The van der Waals surface area contributed by atoms with Crippen molar-refractivity contribution in [3.8, 4) is 11.3 Å². The molecule has 2 amide bonds. The number of anilines is 2. The normalized spacial score (nSPS) is 15.6. The maximum Gasteiger partial charge on any atom is 0.249 e. The zero-order chi connectivity index (χ0) is 20.7. The Kier molecular flexibility index (Phi) is 4.57. The molecule has 2 N–H and O–H groups in total. The van der Waals surface area contributed by atoms with Crippen LogP contribution < -0.4 is 10.6 Å². The first kappa shape index (κ1) is 18.7. The van der Waals surface area contributed by atoms with E-state index in [1.807, 2.05) is 30.3 Å². The van der Waals surface area contributed by atoms with Gasteiger partial charge in [-0.2, -0.15) is 5.10 Å². The lowest BCUT2D eigenvalue weighted by Gasteiger charge is -2.24. The quantitative estimate of drug-likeness (QED) is 0.657. The van der Waals surface area contributed by atoms with Crippen molar-refractivity contribution in [2.45, 2.75) is 19.4 Å². The average Bonchev–Trinajstić information content (AvgIpc) is 3.02. The van der Waals surface area contributed by atoms with Gasteiger partial charge in [-0.05, 0) is 6.92 Å². The van der Waals surface area contributed by atoms with E-state index in [9.17, 15) is 22.8 Å². The maximum atomic E-state index is 13.4. The summed E-state index contributed by atoms with van der Waals surface area (Å²) in [4.78, 5) is 24.9. The molecule has 29 heavy (non-hydrogen) atoms. The fraction of sp³-hybridized carbons (Fsp3) is 0.150. The van der Waals surface area contributed by atoms with Crippen LogP contribution in [0.5, 0.6) is 0 Å². The molecule has 148 valence electrons. The molecule has 0 radical (unpaired) electrons. The van der Waals surface area contributed by atoms with Gasteiger partial charge in [0.15, 0.2) is 17.5 Å². The number of nitrogens with zero attached hydrogens (tertiary/aromatic N) is 2. The van der Waals surface area contributed by atoms with E-state index in [1.165, 1.54) is 4.68 Å². The minimum absolute atomic E-state index is 0.208. The van der Waals surface area contributed by atoms with Gasteiger partial charge in [-0.15, -0.1) is 0 Å². The van der Waals surface area contributed by atoms with Crippen molar-refractivity contribution in [3.63, 3.8) is 0 Å². The fourth-order valence-corrected chi connectivity index (χ4v) is 3.27. The molecule has 2 aromatic carbocycles. The van der Waals surface area contributed by atoms with Crippen molar-refractivity contribution in [1.29, 1.82) is 0 Å². The monoisotopic (exact) mass is 400 g/mol. The number of benzene rings is 2. The van der Waals surface area contributed by atoms with Gasteiger partial charge >= 0.3 is 0 Å². The molecule has 1 unspecified atom stereocenters. The number of carbonyl (C=O) groups excluding carboxylic acids is 2. The predicted octanol–water partition coefficient (Wildman–Crippen LogP) is 3.80. The van der Waals surface area contributed by atoms with Crippen LogP contribution in [-0.2, 0) is 9.59 Å². The summed E-state index contributed by atoms with van der Waals surface area (Å²) in [7, 11) is 0. The molecule has 0 aliphatic carbocycles. The lowest BCUT2D eigenvalue weighted by molar-refractivity contribution is -0.125. The van der Waals surface area contributed by atoms with Gasteiger partial charge in [-0.25, -0.2) is 17.9 Å². The number of halogens is 3. The van der Waals surface area contributed by atoms with Gasteiger partial charge in [0.25, 0.3) is 0 Å². The molecule has 1 aliphatic heterocycles. The number of amides is 2. The number of hydrogen-bond donors (Lipinski definition) is 2. The number of fused-ring (bicyclic) bond motifs is 1. The van der Waals surface area contributed by atoms with Crippen molar-refractivity contribution in [2.24, 2.45) is 0 Å². The number of hydrogen-bond acceptors (Lipinski definition) is 3. The molecule has 4 rings (SSSR count). The van der Waals surface area contributed by atoms with Crippen molar-refractivity contribution >= 4 is 23.3 Å². The zero-order valence-electron chi connectivity index (χ0n) is 15.2. The predicted molar refractivity (Wildman–Crippen MR) is 99.6 cm³/mol. The SMILES string of the molecule is Cc1c(-c2ccccc2)nn2c1NC(=O)CC2C(=O)Nc1cc(F)c(F)c(F)c1. The molecule has 0 spiro atoms. The largest absolute Gasteiger partial charge is 0.324 e. The molecule has 0 saturated heterocycles. The zero-order valence-corrected chi connectivity index (χ0v) is 15.2. The second-order valence-corrected chi connectivity index (χ2v) is 6.64. The summed E-state index contributed by atoms with van der Waals surface area (Å²) in [6.07, 6.45) is -0.208. The standard InChI is InChI=1S/C20H15F3N4O2/c1-10-18(11-5-3-2-4-6-11)26-27-15(9-16(28)25-19(10)27)20(29)24-12-7-13(21)17(23)14(22)8-12/h2-8,15H,9H2,1H3,(H,24,29)(H,25,28). The minimum atomic E-state index is -1.63. The summed E-state index contributed by atoms with van der Waals surface area (Å²) in [5.41, 5.74) is 1.83. The number of rotatable bonds is 3.